The Morgan fingerprint density at radius 2 is 2.03 bits per heavy atom. The van der Waals surface area contributed by atoms with Crippen LogP contribution in [0.4, 0.5) is 10.8 Å². The number of hydrogen-bond donors (Lipinski definition) is 1. The molecule has 6 nitrogen and oxygen atoms in total. The molecule has 0 bridgehead atoms. The number of rotatable bonds is 7. The molecule has 156 valence electrons. The monoisotopic (exact) mass is 439 g/mol. The van der Waals surface area contributed by atoms with Gasteiger partial charge in [-0.2, -0.15) is 0 Å². The lowest BCUT2D eigenvalue weighted by molar-refractivity contribution is -0.117. The van der Waals surface area contributed by atoms with E-state index in [0.29, 0.717) is 6.54 Å². The molecule has 2 aromatic heterocycles. The molecule has 1 N–H and O–H groups in total. The Morgan fingerprint density at radius 1 is 1.07 bits per heavy atom. The summed E-state index contributed by atoms with van der Waals surface area (Å²) in [5, 5.41) is 7.14. The quantitative estimate of drug-likeness (QED) is 0.562. The lowest BCUT2D eigenvalue weighted by Gasteiger charge is -2.21. The summed E-state index contributed by atoms with van der Waals surface area (Å²) in [7, 11) is 0. The number of thioether (sulfide) groups is 1. The molecule has 3 heterocycles. The number of aromatic nitrogens is 2. The topological polar surface area (TPSA) is 61.4 Å². The predicted molar refractivity (Wildman–Crippen MR) is 124 cm³/mol. The number of pyridine rings is 1. The zero-order chi connectivity index (χ0) is 20.6. The van der Waals surface area contributed by atoms with Gasteiger partial charge >= 0.3 is 0 Å². The van der Waals surface area contributed by atoms with E-state index in [1.54, 1.807) is 29.3 Å². The summed E-state index contributed by atoms with van der Waals surface area (Å²) in [4.78, 5) is 25.9. The summed E-state index contributed by atoms with van der Waals surface area (Å²) in [6.45, 7) is 4.10. The number of anilines is 2. The first-order chi connectivity index (χ1) is 14.8. The van der Waals surface area contributed by atoms with Crippen LogP contribution in [-0.2, 0) is 10.5 Å². The second-order valence-corrected chi connectivity index (χ2v) is 9.01. The van der Waals surface area contributed by atoms with Gasteiger partial charge in [0.15, 0.2) is 5.13 Å². The zero-order valence-corrected chi connectivity index (χ0v) is 18.4. The van der Waals surface area contributed by atoms with Crippen LogP contribution < -0.4 is 10.2 Å². The number of hydrogen-bond acceptors (Lipinski definition) is 7. The van der Waals surface area contributed by atoms with Crippen molar-refractivity contribution in [2.24, 2.45) is 0 Å². The molecule has 0 radical (unpaired) electrons. The van der Waals surface area contributed by atoms with Crippen molar-refractivity contribution in [1.29, 1.82) is 0 Å². The van der Waals surface area contributed by atoms with Gasteiger partial charge in [-0.05, 0) is 36.2 Å². The molecule has 0 spiro atoms. The van der Waals surface area contributed by atoms with Crippen molar-refractivity contribution in [1.82, 2.24) is 14.9 Å². The average molecular weight is 440 g/mol. The molecule has 8 heteroatoms. The van der Waals surface area contributed by atoms with E-state index in [1.165, 1.54) is 0 Å². The van der Waals surface area contributed by atoms with Crippen molar-refractivity contribution in [2.75, 3.05) is 42.9 Å². The Bertz CT molecular complexity index is 936. The SMILES string of the molecule is O=C(CN1CCCN(c2nccs2)CC1)Nc1cccc(CSc2ccccn2)c1. The van der Waals surface area contributed by atoms with E-state index in [4.69, 9.17) is 0 Å². The first-order valence-corrected chi connectivity index (χ1v) is 11.9. The molecular weight excluding hydrogens is 414 g/mol. The van der Waals surface area contributed by atoms with Crippen LogP contribution in [0, 0.1) is 0 Å². The maximum Gasteiger partial charge on any atom is 0.238 e. The van der Waals surface area contributed by atoms with Gasteiger partial charge in [0.2, 0.25) is 5.91 Å². The highest BCUT2D eigenvalue weighted by molar-refractivity contribution is 7.98. The summed E-state index contributed by atoms with van der Waals surface area (Å²) in [5.41, 5.74) is 2.01. The minimum Gasteiger partial charge on any atom is -0.347 e. The summed E-state index contributed by atoms with van der Waals surface area (Å²) >= 11 is 3.36. The van der Waals surface area contributed by atoms with E-state index in [1.807, 2.05) is 48.0 Å². The Balaban J connectivity index is 1.26. The maximum absolute atomic E-state index is 12.6. The Morgan fingerprint density at radius 3 is 2.87 bits per heavy atom. The van der Waals surface area contributed by atoms with Crippen LogP contribution >= 0.6 is 23.1 Å². The van der Waals surface area contributed by atoms with E-state index < -0.39 is 0 Å². The largest absolute Gasteiger partial charge is 0.347 e. The van der Waals surface area contributed by atoms with Crippen molar-refractivity contribution >= 4 is 39.8 Å². The van der Waals surface area contributed by atoms with Crippen LogP contribution in [0.25, 0.3) is 0 Å². The number of thiazole rings is 1. The first kappa shape index (κ1) is 20.8. The molecule has 1 aliphatic heterocycles. The van der Waals surface area contributed by atoms with Crippen LogP contribution in [0.15, 0.2) is 65.3 Å². The first-order valence-electron chi connectivity index (χ1n) is 10.1. The van der Waals surface area contributed by atoms with Crippen LogP contribution in [0.3, 0.4) is 0 Å². The van der Waals surface area contributed by atoms with E-state index in [2.05, 4.69) is 31.2 Å². The van der Waals surface area contributed by atoms with E-state index in [-0.39, 0.29) is 5.91 Å². The molecule has 1 aliphatic rings. The van der Waals surface area contributed by atoms with Gasteiger partial charge in [-0.15, -0.1) is 23.1 Å². The number of carbonyl (C=O) groups excluding carboxylic acids is 1. The second kappa shape index (κ2) is 10.6. The normalized spacial score (nSPS) is 15.0. The number of nitrogens with one attached hydrogen (secondary N) is 1. The van der Waals surface area contributed by atoms with Gasteiger partial charge in [0, 0.05) is 55.4 Å². The van der Waals surface area contributed by atoms with Crippen LogP contribution in [0.1, 0.15) is 12.0 Å². The molecule has 1 amide bonds. The Hall–Kier alpha value is -2.42. The van der Waals surface area contributed by atoms with Gasteiger partial charge in [0.05, 0.1) is 11.6 Å². The average Bonchev–Trinajstić information content (AvgIpc) is 3.21. The molecular formula is C22H25N5OS2. The molecule has 4 rings (SSSR count). The molecule has 1 fully saturated rings. The Kier molecular flexibility index (Phi) is 7.34. The standard InChI is InChI=1S/C22H25N5OS2/c28-20(16-26-10-4-11-27(13-12-26)22-24-9-14-29-22)25-19-6-3-5-18(15-19)17-30-21-7-1-2-8-23-21/h1-3,5-9,14-15H,4,10-13,16-17H2,(H,25,28). The molecule has 0 atom stereocenters. The van der Waals surface area contributed by atoms with Gasteiger partial charge in [-0.3, -0.25) is 9.69 Å². The molecule has 1 aromatic carbocycles. The van der Waals surface area contributed by atoms with Gasteiger partial charge < -0.3 is 10.2 Å². The lowest BCUT2D eigenvalue weighted by atomic mass is 10.2. The number of nitrogens with zero attached hydrogens (tertiary/aromatic N) is 4. The molecule has 30 heavy (non-hydrogen) atoms. The highest BCUT2D eigenvalue weighted by atomic mass is 32.2. The third-order valence-corrected chi connectivity index (χ3v) is 6.73. The Labute approximate surface area is 185 Å². The summed E-state index contributed by atoms with van der Waals surface area (Å²) < 4.78 is 0. The van der Waals surface area contributed by atoms with Crippen LogP contribution in [0.5, 0.6) is 0 Å². The third kappa shape index (κ3) is 6.04. The van der Waals surface area contributed by atoms with Gasteiger partial charge in [-0.25, -0.2) is 9.97 Å². The molecule has 0 aliphatic carbocycles. The molecule has 0 unspecified atom stereocenters. The molecule has 1 saturated heterocycles. The van der Waals surface area contributed by atoms with Crippen molar-refractivity contribution in [3.63, 3.8) is 0 Å². The highest BCUT2D eigenvalue weighted by Crippen LogP contribution is 2.22. The molecule has 3 aromatic rings. The smallest absolute Gasteiger partial charge is 0.238 e. The predicted octanol–water partition coefficient (Wildman–Crippen LogP) is 3.98. The fourth-order valence-electron chi connectivity index (χ4n) is 3.42. The number of amides is 1. The van der Waals surface area contributed by atoms with Crippen molar-refractivity contribution in [2.45, 2.75) is 17.2 Å². The summed E-state index contributed by atoms with van der Waals surface area (Å²) in [6.07, 6.45) is 4.68. The number of carbonyl (C=O) groups is 1. The fraction of sp³-hybridized carbons (Fsp3) is 0.318. The van der Waals surface area contributed by atoms with E-state index >= 15 is 0 Å². The third-order valence-electron chi connectivity index (χ3n) is 4.88. The minimum atomic E-state index is 0.0345. The zero-order valence-electron chi connectivity index (χ0n) is 16.7. The minimum absolute atomic E-state index is 0.0345. The van der Waals surface area contributed by atoms with Gasteiger partial charge in [0.1, 0.15) is 0 Å². The van der Waals surface area contributed by atoms with Gasteiger partial charge in [-0.1, -0.05) is 18.2 Å². The fourth-order valence-corrected chi connectivity index (χ4v) is 4.93. The second-order valence-electron chi connectivity index (χ2n) is 7.14. The molecule has 0 saturated carbocycles. The van der Waals surface area contributed by atoms with E-state index in [0.717, 1.165) is 59.8 Å². The van der Waals surface area contributed by atoms with Gasteiger partial charge in [0.25, 0.3) is 0 Å². The maximum atomic E-state index is 12.6. The number of benzene rings is 1. The summed E-state index contributed by atoms with van der Waals surface area (Å²) in [5.74, 6) is 0.853. The van der Waals surface area contributed by atoms with Crippen molar-refractivity contribution < 1.29 is 4.79 Å². The van der Waals surface area contributed by atoms with Crippen molar-refractivity contribution in [3.8, 4) is 0 Å². The highest BCUT2D eigenvalue weighted by Gasteiger charge is 2.18. The van der Waals surface area contributed by atoms with Crippen LogP contribution in [0.2, 0.25) is 0 Å². The van der Waals surface area contributed by atoms with E-state index in [9.17, 15) is 4.79 Å². The van der Waals surface area contributed by atoms with Crippen LogP contribution in [-0.4, -0.2) is 53.5 Å². The lowest BCUT2D eigenvalue weighted by Crippen LogP contribution is -2.36. The summed E-state index contributed by atoms with van der Waals surface area (Å²) in [6, 6.07) is 14.0. The van der Waals surface area contributed by atoms with Crippen molar-refractivity contribution in [3.05, 3.63) is 65.8 Å².